The highest BCUT2D eigenvalue weighted by molar-refractivity contribution is 5.99. The smallest absolute Gasteiger partial charge is 0.354 e. The maximum absolute atomic E-state index is 13.9. The molecule has 1 aliphatic heterocycles. The SMILES string of the molecule is C/C=C1\NC(=O)[C@@H](Cc2ccc(O)cc2)NC(=O)C(C(C)C)NC(=O)C(CC(C)C)NC(=O)C(NC(=O)[C@@H](C)C[C@@H](C)CCC)[C@@H](C)OC1=O. The van der Waals surface area contributed by atoms with Crippen LogP contribution in [0.1, 0.15) is 93.6 Å². The molecule has 7 atom stereocenters. The summed E-state index contributed by atoms with van der Waals surface area (Å²) in [6.45, 7) is 16.1. The van der Waals surface area contributed by atoms with Crippen molar-refractivity contribution in [1.29, 1.82) is 0 Å². The van der Waals surface area contributed by atoms with Crippen molar-refractivity contribution < 1.29 is 38.6 Å². The minimum absolute atomic E-state index is 0.00570. The summed E-state index contributed by atoms with van der Waals surface area (Å²) in [7, 11) is 0. The Morgan fingerprint density at radius 2 is 1.52 bits per heavy atom. The standard InChI is InChI=1S/C37H57N5O8/c1-10-12-22(7)18-23(8)32(44)42-31-24(9)50-37(49)27(11-2)38-33(45)29(19-25-13-15-26(43)16-14-25)40-35(47)30(21(5)6)41-34(46)28(17-20(3)4)39-36(31)48/h11,13-16,20-24,28-31,43H,10,12,17-19H2,1-9H3,(H,38,45)(H,39,48)(H,40,47)(H,41,46)(H,42,44)/b27-11-/t22-,23-,24+,28?,29+,30?,31?/m0/s1. The van der Waals surface area contributed by atoms with Crippen molar-refractivity contribution in [3.05, 3.63) is 41.6 Å². The molecule has 0 aliphatic carbocycles. The lowest BCUT2D eigenvalue weighted by molar-refractivity contribution is -0.150. The van der Waals surface area contributed by atoms with Crippen molar-refractivity contribution in [2.45, 2.75) is 125 Å². The van der Waals surface area contributed by atoms with Crippen LogP contribution < -0.4 is 26.6 Å². The van der Waals surface area contributed by atoms with Crippen molar-refractivity contribution in [2.24, 2.45) is 23.7 Å². The van der Waals surface area contributed by atoms with Crippen LogP contribution >= 0.6 is 0 Å². The highest BCUT2D eigenvalue weighted by Gasteiger charge is 2.37. The molecule has 1 saturated heterocycles. The highest BCUT2D eigenvalue weighted by atomic mass is 16.5. The van der Waals surface area contributed by atoms with Crippen LogP contribution in [0.25, 0.3) is 0 Å². The molecule has 278 valence electrons. The van der Waals surface area contributed by atoms with E-state index in [9.17, 15) is 33.9 Å². The number of hydrogen-bond donors (Lipinski definition) is 6. The topological polar surface area (TPSA) is 192 Å². The van der Waals surface area contributed by atoms with Crippen LogP contribution in [0.5, 0.6) is 5.75 Å². The number of benzene rings is 1. The lowest BCUT2D eigenvalue weighted by Gasteiger charge is -2.31. The Balaban J connectivity index is 2.58. The molecule has 13 nitrogen and oxygen atoms in total. The summed E-state index contributed by atoms with van der Waals surface area (Å²) in [6, 6.07) is 1.31. The predicted molar refractivity (Wildman–Crippen MR) is 189 cm³/mol. The van der Waals surface area contributed by atoms with Crippen LogP contribution in [-0.4, -0.2) is 70.9 Å². The molecule has 0 aromatic heterocycles. The summed E-state index contributed by atoms with van der Waals surface area (Å²) >= 11 is 0. The summed E-state index contributed by atoms with van der Waals surface area (Å²) in [5.41, 5.74) is 0.371. The van der Waals surface area contributed by atoms with Gasteiger partial charge in [0, 0.05) is 12.3 Å². The molecule has 6 N–H and O–H groups in total. The summed E-state index contributed by atoms with van der Waals surface area (Å²) in [6.07, 6.45) is 2.80. The lowest BCUT2D eigenvalue weighted by atomic mass is 9.93. The number of allylic oxidation sites excluding steroid dienone is 1. The number of rotatable bonds is 11. The molecular formula is C37H57N5O8. The first-order valence-electron chi connectivity index (χ1n) is 17.6. The van der Waals surface area contributed by atoms with Gasteiger partial charge in [-0.25, -0.2) is 4.79 Å². The van der Waals surface area contributed by atoms with E-state index in [1.54, 1.807) is 32.9 Å². The van der Waals surface area contributed by atoms with Gasteiger partial charge in [-0.05, 0) is 62.1 Å². The van der Waals surface area contributed by atoms with E-state index in [1.165, 1.54) is 32.1 Å². The molecule has 1 heterocycles. The van der Waals surface area contributed by atoms with Gasteiger partial charge >= 0.3 is 5.97 Å². The van der Waals surface area contributed by atoms with Gasteiger partial charge in [-0.2, -0.15) is 0 Å². The Bertz CT molecular complexity index is 1380. The Morgan fingerprint density at radius 1 is 0.900 bits per heavy atom. The number of carbonyl (C=O) groups is 6. The third-order valence-corrected chi connectivity index (χ3v) is 8.69. The molecule has 50 heavy (non-hydrogen) atoms. The Kier molecular flexibility index (Phi) is 16.4. The van der Waals surface area contributed by atoms with E-state index < -0.39 is 77.6 Å². The molecule has 1 fully saturated rings. The normalized spacial score (nSPS) is 24.9. The van der Waals surface area contributed by atoms with Crippen LogP contribution in [0, 0.1) is 23.7 Å². The second-order valence-electron chi connectivity index (χ2n) is 14.2. The van der Waals surface area contributed by atoms with E-state index in [-0.39, 0.29) is 36.1 Å². The van der Waals surface area contributed by atoms with E-state index in [0.717, 1.165) is 12.8 Å². The largest absolute Gasteiger partial charge is 0.508 e. The number of esters is 1. The zero-order valence-corrected chi connectivity index (χ0v) is 30.9. The van der Waals surface area contributed by atoms with Crippen molar-refractivity contribution in [1.82, 2.24) is 26.6 Å². The number of ether oxygens (including phenoxy) is 1. The fourth-order valence-electron chi connectivity index (χ4n) is 5.87. The molecule has 0 saturated carbocycles. The van der Waals surface area contributed by atoms with Gasteiger partial charge in [0.1, 0.15) is 41.7 Å². The van der Waals surface area contributed by atoms with Crippen molar-refractivity contribution in [3.8, 4) is 5.75 Å². The van der Waals surface area contributed by atoms with Gasteiger partial charge < -0.3 is 36.4 Å². The van der Waals surface area contributed by atoms with Crippen LogP contribution in [0.2, 0.25) is 0 Å². The number of phenolic OH excluding ortho intramolecular Hbond substituents is 1. The molecule has 13 heteroatoms. The van der Waals surface area contributed by atoms with Crippen LogP contribution in [0.3, 0.4) is 0 Å². The number of aromatic hydroxyl groups is 1. The summed E-state index contributed by atoms with van der Waals surface area (Å²) in [5.74, 6) is -4.78. The number of carbonyl (C=O) groups excluding carboxylic acids is 6. The first-order chi connectivity index (χ1) is 23.5. The zero-order chi connectivity index (χ0) is 37.7. The molecule has 0 bridgehead atoms. The number of nitrogens with one attached hydrogen (secondary N) is 5. The molecular weight excluding hydrogens is 642 g/mol. The van der Waals surface area contributed by atoms with Gasteiger partial charge in [-0.1, -0.05) is 79.5 Å². The van der Waals surface area contributed by atoms with Crippen LogP contribution in [0.4, 0.5) is 0 Å². The van der Waals surface area contributed by atoms with Gasteiger partial charge in [0.05, 0.1) is 0 Å². The molecule has 0 radical (unpaired) electrons. The van der Waals surface area contributed by atoms with Crippen molar-refractivity contribution in [3.63, 3.8) is 0 Å². The first-order valence-corrected chi connectivity index (χ1v) is 17.6. The molecule has 5 amide bonds. The van der Waals surface area contributed by atoms with E-state index >= 15 is 0 Å². The third kappa shape index (κ3) is 12.8. The minimum Gasteiger partial charge on any atom is -0.508 e. The van der Waals surface area contributed by atoms with E-state index in [4.69, 9.17) is 4.74 Å². The van der Waals surface area contributed by atoms with Crippen molar-refractivity contribution >= 4 is 35.5 Å². The van der Waals surface area contributed by atoms with E-state index in [0.29, 0.717) is 12.0 Å². The fraction of sp³-hybridized carbons (Fsp3) is 0.622. The average Bonchev–Trinajstić information content (AvgIpc) is 3.03. The second kappa shape index (κ2) is 19.7. The third-order valence-electron chi connectivity index (χ3n) is 8.69. The van der Waals surface area contributed by atoms with E-state index in [1.807, 2.05) is 13.8 Å². The quantitative estimate of drug-likeness (QED) is 0.150. The average molecular weight is 700 g/mol. The maximum atomic E-state index is 13.9. The summed E-state index contributed by atoms with van der Waals surface area (Å²) in [5, 5.41) is 23.2. The maximum Gasteiger partial charge on any atom is 0.354 e. The van der Waals surface area contributed by atoms with Crippen LogP contribution in [0.15, 0.2) is 36.0 Å². The van der Waals surface area contributed by atoms with Crippen molar-refractivity contribution in [2.75, 3.05) is 0 Å². The molecule has 1 aliphatic rings. The second-order valence-corrected chi connectivity index (χ2v) is 14.2. The number of cyclic esters (lactones) is 1. The molecule has 1 aromatic carbocycles. The summed E-state index contributed by atoms with van der Waals surface area (Å²) in [4.78, 5) is 81.9. The first kappa shape index (κ1) is 41.7. The number of hydrogen-bond acceptors (Lipinski definition) is 8. The van der Waals surface area contributed by atoms with Gasteiger partial charge in [0.15, 0.2) is 0 Å². The Morgan fingerprint density at radius 3 is 2.08 bits per heavy atom. The number of phenols is 1. The zero-order valence-electron chi connectivity index (χ0n) is 30.9. The molecule has 2 rings (SSSR count). The van der Waals surface area contributed by atoms with Gasteiger partial charge in [-0.15, -0.1) is 0 Å². The van der Waals surface area contributed by atoms with Gasteiger partial charge in [-0.3, -0.25) is 24.0 Å². The lowest BCUT2D eigenvalue weighted by Crippen LogP contribution is -2.61. The van der Waals surface area contributed by atoms with Crippen LogP contribution in [-0.2, 0) is 39.9 Å². The van der Waals surface area contributed by atoms with Gasteiger partial charge in [0.25, 0.3) is 0 Å². The molecule has 1 aromatic rings. The fourth-order valence-corrected chi connectivity index (χ4v) is 5.87. The summed E-state index contributed by atoms with van der Waals surface area (Å²) < 4.78 is 5.65. The molecule has 3 unspecified atom stereocenters. The Labute approximate surface area is 296 Å². The van der Waals surface area contributed by atoms with Gasteiger partial charge in [0.2, 0.25) is 29.5 Å². The predicted octanol–water partition coefficient (Wildman–Crippen LogP) is 3.00. The number of amides is 5. The Hall–Kier alpha value is -4.42. The monoisotopic (exact) mass is 699 g/mol. The minimum atomic E-state index is -1.38. The van der Waals surface area contributed by atoms with E-state index in [2.05, 4.69) is 40.4 Å². The molecule has 0 spiro atoms. The highest BCUT2D eigenvalue weighted by Crippen LogP contribution is 2.18.